The number of nitrogens with zero attached hydrogens (tertiary/aromatic N) is 2. The Bertz CT molecular complexity index is 742. The van der Waals surface area contributed by atoms with Crippen LogP contribution in [0.15, 0.2) is 29.6 Å². The number of thiazole rings is 1. The molecule has 1 amide bonds. The van der Waals surface area contributed by atoms with Crippen LogP contribution in [0.2, 0.25) is 0 Å². The van der Waals surface area contributed by atoms with Crippen molar-refractivity contribution < 1.29 is 9.18 Å². The molecule has 1 aromatic carbocycles. The second-order valence-corrected chi connectivity index (χ2v) is 7.76. The van der Waals surface area contributed by atoms with Crippen molar-refractivity contribution in [3.8, 4) is 0 Å². The molecule has 2 heterocycles. The van der Waals surface area contributed by atoms with E-state index in [9.17, 15) is 9.18 Å². The summed E-state index contributed by atoms with van der Waals surface area (Å²) in [6.07, 6.45) is 4.11. The van der Waals surface area contributed by atoms with Gasteiger partial charge in [-0.3, -0.25) is 4.79 Å². The molecule has 2 aromatic rings. The van der Waals surface area contributed by atoms with Crippen molar-refractivity contribution in [3.63, 3.8) is 0 Å². The Hall–Kier alpha value is -1.75. The molecule has 3 nitrogen and oxygen atoms in total. The zero-order valence-corrected chi connectivity index (χ0v) is 14.6. The highest BCUT2D eigenvalue weighted by atomic mass is 32.1. The summed E-state index contributed by atoms with van der Waals surface area (Å²) in [6, 6.07) is 6.73. The lowest BCUT2D eigenvalue weighted by atomic mass is 10.0. The van der Waals surface area contributed by atoms with Crippen LogP contribution in [0.25, 0.3) is 0 Å². The Balaban J connectivity index is 1.49. The number of aryl methyl sites for hydroxylation is 1. The van der Waals surface area contributed by atoms with Gasteiger partial charge in [-0.25, -0.2) is 9.37 Å². The molecule has 1 aliphatic carbocycles. The fourth-order valence-electron chi connectivity index (χ4n) is 3.74. The zero-order chi connectivity index (χ0) is 16.7. The van der Waals surface area contributed by atoms with Gasteiger partial charge in [-0.05, 0) is 56.2 Å². The number of carbonyl (C=O) groups excluding carboxylic acids is 1. The predicted octanol–water partition coefficient (Wildman–Crippen LogP) is 4.45. The predicted molar refractivity (Wildman–Crippen MR) is 92.4 cm³/mol. The maximum Gasteiger partial charge on any atom is 0.226 e. The minimum absolute atomic E-state index is 0.0529. The first kappa shape index (κ1) is 15.8. The van der Waals surface area contributed by atoms with Crippen molar-refractivity contribution in [1.29, 1.82) is 0 Å². The first-order valence-corrected chi connectivity index (χ1v) is 9.49. The molecule has 3 atom stereocenters. The van der Waals surface area contributed by atoms with Gasteiger partial charge in [0, 0.05) is 23.5 Å². The summed E-state index contributed by atoms with van der Waals surface area (Å²) in [4.78, 5) is 19.7. The standard InChI is InChI=1S/C19H21FN2OS/c1-12-11-24-18(21-12)17-4-2-3-9-22(17)19(23)16-10-15(16)13-5-7-14(20)8-6-13/h5-8,11,15-17H,2-4,9-10H2,1H3. The third-order valence-electron chi connectivity index (χ3n) is 5.11. The van der Waals surface area contributed by atoms with Gasteiger partial charge in [-0.15, -0.1) is 11.3 Å². The zero-order valence-electron chi connectivity index (χ0n) is 13.7. The van der Waals surface area contributed by atoms with Crippen LogP contribution in [-0.2, 0) is 4.79 Å². The highest BCUT2D eigenvalue weighted by Gasteiger charge is 2.47. The van der Waals surface area contributed by atoms with Crippen molar-refractivity contribution in [1.82, 2.24) is 9.88 Å². The average Bonchev–Trinajstić information content (AvgIpc) is 3.28. The molecule has 1 aliphatic heterocycles. The summed E-state index contributed by atoms with van der Waals surface area (Å²) >= 11 is 1.66. The summed E-state index contributed by atoms with van der Waals surface area (Å²) < 4.78 is 13.1. The smallest absolute Gasteiger partial charge is 0.226 e. The van der Waals surface area contributed by atoms with Gasteiger partial charge in [0.05, 0.1) is 6.04 Å². The van der Waals surface area contributed by atoms with E-state index < -0.39 is 0 Å². The molecule has 2 fully saturated rings. The topological polar surface area (TPSA) is 33.2 Å². The Labute approximate surface area is 145 Å². The molecule has 2 aliphatic rings. The van der Waals surface area contributed by atoms with E-state index in [1.54, 1.807) is 11.3 Å². The van der Waals surface area contributed by atoms with Gasteiger partial charge >= 0.3 is 0 Å². The minimum atomic E-state index is -0.225. The van der Waals surface area contributed by atoms with Gasteiger partial charge in [0.2, 0.25) is 5.91 Å². The van der Waals surface area contributed by atoms with E-state index in [4.69, 9.17) is 0 Å². The number of carbonyl (C=O) groups is 1. The van der Waals surface area contributed by atoms with Crippen LogP contribution in [0, 0.1) is 18.7 Å². The minimum Gasteiger partial charge on any atom is -0.333 e. The lowest BCUT2D eigenvalue weighted by Crippen LogP contribution is -2.39. The van der Waals surface area contributed by atoms with Crippen molar-refractivity contribution >= 4 is 17.2 Å². The number of likely N-dealkylation sites (tertiary alicyclic amines) is 1. The molecule has 5 heteroatoms. The molecule has 0 N–H and O–H groups in total. The number of piperidine rings is 1. The van der Waals surface area contributed by atoms with Gasteiger partial charge in [0.25, 0.3) is 0 Å². The van der Waals surface area contributed by atoms with Crippen LogP contribution >= 0.6 is 11.3 Å². The molecule has 3 unspecified atom stereocenters. The molecular formula is C19H21FN2OS. The van der Waals surface area contributed by atoms with Crippen LogP contribution in [0.5, 0.6) is 0 Å². The maximum atomic E-state index is 13.1. The molecule has 1 aromatic heterocycles. The van der Waals surface area contributed by atoms with Crippen molar-refractivity contribution in [2.75, 3.05) is 6.54 Å². The van der Waals surface area contributed by atoms with Crippen molar-refractivity contribution in [2.24, 2.45) is 5.92 Å². The first-order valence-electron chi connectivity index (χ1n) is 8.61. The van der Waals surface area contributed by atoms with E-state index in [2.05, 4.69) is 15.3 Å². The van der Waals surface area contributed by atoms with Crippen LogP contribution in [-0.4, -0.2) is 22.3 Å². The third-order valence-corrected chi connectivity index (χ3v) is 6.18. The average molecular weight is 344 g/mol. The molecule has 0 bridgehead atoms. The van der Waals surface area contributed by atoms with E-state index >= 15 is 0 Å². The number of amides is 1. The van der Waals surface area contributed by atoms with Crippen LogP contribution < -0.4 is 0 Å². The number of aromatic nitrogens is 1. The van der Waals surface area contributed by atoms with E-state index in [0.29, 0.717) is 0 Å². The highest BCUT2D eigenvalue weighted by Crippen LogP contribution is 2.50. The summed E-state index contributed by atoms with van der Waals surface area (Å²) in [5.74, 6) is 0.329. The second kappa shape index (κ2) is 6.28. The fourth-order valence-corrected chi connectivity index (χ4v) is 4.68. The number of hydrogen-bond donors (Lipinski definition) is 0. The molecule has 24 heavy (non-hydrogen) atoms. The number of hydrogen-bond acceptors (Lipinski definition) is 3. The molecular weight excluding hydrogens is 323 g/mol. The third kappa shape index (κ3) is 2.97. The van der Waals surface area contributed by atoms with Crippen LogP contribution in [0.3, 0.4) is 0 Å². The Kier molecular flexibility index (Phi) is 4.12. The number of benzene rings is 1. The highest BCUT2D eigenvalue weighted by molar-refractivity contribution is 7.09. The number of halogens is 1. The summed E-state index contributed by atoms with van der Waals surface area (Å²) in [5, 5.41) is 3.13. The van der Waals surface area contributed by atoms with E-state index in [1.807, 2.05) is 19.1 Å². The normalized spacial score (nSPS) is 26.4. The summed E-state index contributed by atoms with van der Waals surface area (Å²) in [7, 11) is 0. The molecule has 0 spiro atoms. The summed E-state index contributed by atoms with van der Waals surface area (Å²) in [6.45, 7) is 2.83. The fraction of sp³-hybridized carbons (Fsp3) is 0.474. The first-order chi connectivity index (χ1) is 11.6. The lowest BCUT2D eigenvalue weighted by molar-refractivity contribution is -0.136. The van der Waals surface area contributed by atoms with Gasteiger partial charge in [0.15, 0.2) is 0 Å². The Morgan fingerprint density at radius 1 is 1.29 bits per heavy atom. The molecule has 0 radical (unpaired) electrons. The Morgan fingerprint density at radius 2 is 2.08 bits per heavy atom. The van der Waals surface area contributed by atoms with Gasteiger partial charge in [0.1, 0.15) is 10.8 Å². The van der Waals surface area contributed by atoms with Crippen LogP contribution in [0.1, 0.15) is 53.9 Å². The van der Waals surface area contributed by atoms with E-state index in [-0.39, 0.29) is 29.6 Å². The van der Waals surface area contributed by atoms with Gasteiger partial charge < -0.3 is 4.90 Å². The van der Waals surface area contributed by atoms with Gasteiger partial charge in [-0.1, -0.05) is 12.1 Å². The van der Waals surface area contributed by atoms with E-state index in [0.717, 1.165) is 48.5 Å². The maximum absolute atomic E-state index is 13.1. The molecule has 1 saturated heterocycles. The second-order valence-electron chi connectivity index (χ2n) is 6.87. The van der Waals surface area contributed by atoms with Crippen LogP contribution in [0.4, 0.5) is 4.39 Å². The van der Waals surface area contributed by atoms with Crippen molar-refractivity contribution in [2.45, 2.75) is 44.6 Å². The number of rotatable bonds is 3. The largest absolute Gasteiger partial charge is 0.333 e. The Morgan fingerprint density at radius 3 is 2.79 bits per heavy atom. The summed E-state index contributed by atoms with van der Waals surface area (Å²) in [5.41, 5.74) is 2.11. The monoisotopic (exact) mass is 344 g/mol. The molecule has 126 valence electrons. The quantitative estimate of drug-likeness (QED) is 0.824. The molecule has 1 saturated carbocycles. The van der Waals surface area contributed by atoms with Gasteiger partial charge in [-0.2, -0.15) is 0 Å². The molecule has 4 rings (SSSR count). The SMILES string of the molecule is Cc1csc(C2CCCCN2C(=O)C2CC2c2ccc(F)cc2)n1. The van der Waals surface area contributed by atoms with E-state index in [1.165, 1.54) is 12.1 Å². The van der Waals surface area contributed by atoms with Crippen molar-refractivity contribution in [3.05, 3.63) is 51.7 Å². The lowest BCUT2D eigenvalue weighted by Gasteiger charge is -2.35.